The second kappa shape index (κ2) is 7.44. The Morgan fingerprint density at radius 1 is 1.30 bits per heavy atom. The van der Waals surface area contributed by atoms with E-state index in [-0.39, 0.29) is 12.0 Å². The molecule has 1 fully saturated rings. The van der Waals surface area contributed by atoms with E-state index in [0.29, 0.717) is 12.6 Å². The summed E-state index contributed by atoms with van der Waals surface area (Å²) >= 11 is 0. The monoisotopic (exact) mass is 275 g/mol. The minimum Gasteiger partial charge on any atom is -0.465 e. The van der Waals surface area contributed by atoms with Crippen molar-refractivity contribution in [3.05, 3.63) is 35.4 Å². The van der Waals surface area contributed by atoms with Crippen LogP contribution in [0.4, 0.5) is 0 Å². The predicted molar refractivity (Wildman–Crippen MR) is 80.6 cm³/mol. The fourth-order valence-corrected chi connectivity index (χ4v) is 2.98. The molecule has 0 amide bonds. The van der Waals surface area contributed by atoms with Gasteiger partial charge in [-0.05, 0) is 37.3 Å². The maximum Gasteiger partial charge on any atom is 0.327 e. The lowest BCUT2D eigenvalue weighted by Gasteiger charge is -2.23. The van der Waals surface area contributed by atoms with E-state index in [4.69, 9.17) is 4.74 Å². The molecule has 0 aromatic heterocycles. The number of benzene rings is 1. The molecule has 3 heteroatoms. The van der Waals surface area contributed by atoms with Crippen LogP contribution in [0.2, 0.25) is 0 Å². The third-order valence-corrected chi connectivity index (χ3v) is 4.03. The highest BCUT2D eigenvalue weighted by Crippen LogP contribution is 2.25. The van der Waals surface area contributed by atoms with Crippen LogP contribution in [-0.2, 0) is 16.0 Å². The van der Waals surface area contributed by atoms with Crippen molar-refractivity contribution < 1.29 is 9.53 Å². The van der Waals surface area contributed by atoms with E-state index in [2.05, 4.69) is 18.3 Å². The number of rotatable bonds is 6. The van der Waals surface area contributed by atoms with E-state index in [0.717, 1.165) is 24.8 Å². The summed E-state index contributed by atoms with van der Waals surface area (Å²) in [5.41, 5.74) is 2.29. The first-order valence-electron chi connectivity index (χ1n) is 7.76. The average molecular weight is 275 g/mol. The quantitative estimate of drug-likeness (QED) is 0.809. The Balaban J connectivity index is 2.22. The van der Waals surface area contributed by atoms with Crippen LogP contribution in [0.3, 0.4) is 0 Å². The number of nitrogens with one attached hydrogen (secondary N) is 1. The zero-order chi connectivity index (χ0) is 14.4. The molecular weight excluding hydrogens is 250 g/mol. The average Bonchev–Trinajstić information content (AvgIpc) is 2.98. The van der Waals surface area contributed by atoms with Gasteiger partial charge < -0.3 is 4.74 Å². The summed E-state index contributed by atoms with van der Waals surface area (Å²) in [5, 5.41) is 3.52. The molecule has 20 heavy (non-hydrogen) atoms. The summed E-state index contributed by atoms with van der Waals surface area (Å²) in [6.07, 6.45) is 5.75. The maximum atomic E-state index is 12.3. The Morgan fingerprint density at radius 3 is 2.65 bits per heavy atom. The zero-order valence-corrected chi connectivity index (χ0v) is 12.5. The van der Waals surface area contributed by atoms with Gasteiger partial charge in [-0.3, -0.25) is 5.32 Å². The van der Waals surface area contributed by atoms with Crippen LogP contribution in [-0.4, -0.2) is 18.6 Å². The van der Waals surface area contributed by atoms with E-state index < -0.39 is 0 Å². The zero-order valence-electron chi connectivity index (χ0n) is 12.5. The molecule has 1 unspecified atom stereocenters. The summed E-state index contributed by atoms with van der Waals surface area (Å²) < 4.78 is 5.27. The van der Waals surface area contributed by atoms with Crippen molar-refractivity contribution in [2.75, 3.05) is 6.61 Å². The molecule has 0 heterocycles. The van der Waals surface area contributed by atoms with Crippen LogP contribution >= 0.6 is 0 Å². The molecule has 1 atom stereocenters. The first kappa shape index (κ1) is 15.0. The number of ether oxygens (including phenoxy) is 1. The summed E-state index contributed by atoms with van der Waals surface area (Å²) in [5.74, 6) is -0.153. The van der Waals surface area contributed by atoms with Crippen LogP contribution < -0.4 is 5.32 Å². The summed E-state index contributed by atoms with van der Waals surface area (Å²) in [4.78, 5) is 12.3. The maximum absolute atomic E-state index is 12.3. The van der Waals surface area contributed by atoms with Crippen molar-refractivity contribution in [1.82, 2.24) is 5.32 Å². The number of esters is 1. The van der Waals surface area contributed by atoms with Gasteiger partial charge in [0, 0.05) is 6.04 Å². The molecule has 1 saturated carbocycles. The summed E-state index contributed by atoms with van der Waals surface area (Å²) in [6, 6.07) is 8.28. The molecule has 0 aliphatic heterocycles. The number of carbonyl (C=O) groups excluding carboxylic acids is 1. The summed E-state index contributed by atoms with van der Waals surface area (Å²) in [7, 11) is 0. The molecule has 1 aromatic rings. The highest BCUT2D eigenvalue weighted by molar-refractivity contribution is 5.78. The van der Waals surface area contributed by atoms with Crippen LogP contribution in [0.25, 0.3) is 0 Å². The fraction of sp³-hybridized carbons (Fsp3) is 0.588. The van der Waals surface area contributed by atoms with E-state index in [9.17, 15) is 4.79 Å². The molecular formula is C17H25NO2. The van der Waals surface area contributed by atoms with E-state index in [1.807, 2.05) is 25.1 Å². The SMILES string of the molecule is CCOC(=O)C(NC1CCCC1)c1ccccc1CC. The van der Waals surface area contributed by atoms with Gasteiger partial charge in [0.1, 0.15) is 6.04 Å². The van der Waals surface area contributed by atoms with Crippen molar-refractivity contribution in [1.29, 1.82) is 0 Å². The lowest BCUT2D eigenvalue weighted by Crippen LogP contribution is -2.37. The summed E-state index contributed by atoms with van der Waals surface area (Å²) in [6.45, 7) is 4.41. The van der Waals surface area contributed by atoms with Gasteiger partial charge in [0.05, 0.1) is 6.61 Å². The van der Waals surface area contributed by atoms with Gasteiger partial charge in [-0.25, -0.2) is 4.79 Å². The Morgan fingerprint density at radius 2 is 2.00 bits per heavy atom. The highest BCUT2D eigenvalue weighted by Gasteiger charge is 2.27. The predicted octanol–water partition coefficient (Wildman–Crippen LogP) is 3.39. The molecule has 0 bridgehead atoms. The number of carbonyl (C=O) groups is 1. The molecule has 2 rings (SSSR count). The van der Waals surface area contributed by atoms with Gasteiger partial charge in [-0.2, -0.15) is 0 Å². The van der Waals surface area contributed by atoms with Crippen LogP contribution in [0, 0.1) is 0 Å². The first-order valence-corrected chi connectivity index (χ1v) is 7.76. The molecule has 0 saturated heterocycles. The molecule has 3 nitrogen and oxygen atoms in total. The molecule has 0 radical (unpaired) electrons. The molecule has 1 aliphatic carbocycles. The van der Waals surface area contributed by atoms with Crippen molar-refractivity contribution in [2.24, 2.45) is 0 Å². The van der Waals surface area contributed by atoms with E-state index >= 15 is 0 Å². The number of hydrogen-bond donors (Lipinski definition) is 1. The lowest BCUT2D eigenvalue weighted by atomic mass is 9.97. The van der Waals surface area contributed by atoms with Crippen LogP contribution in [0.1, 0.15) is 56.7 Å². The van der Waals surface area contributed by atoms with Gasteiger partial charge in [0.15, 0.2) is 0 Å². The van der Waals surface area contributed by atoms with Gasteiger partial charge in [0.25, 0.3) is 0 Å². The second-order valence-corrected chi connectivity index (χ2v) is 5.39. The number of hydrogen-bond acceptors (Lipinski definition) is 3. The first-order chi connectivity index (χ1) is 9.76. The lowest BCUT2D eigenvalue weighted by molar-refractivity contribution is -0.146. The molecule has 1 aliphatic rings. The minimum atomic E-state index is -0.325. The van der Waals surface area contributed by atoms with Crippen molar-refractivity contribution in [2.45, 2.75) is 58.0 Å². The van der Waals surface area contributed by atoms with Gasteiger partial charge in [-0.15, -0.1) is 0 Å². The second-order valence-electron chi connectivity index (χ2n) is 5.39. The Labute approximate surface area is 121 Å². The fourth-order valence-electron chi connectivity index (χ4n) is 2.98. The van der Waals surface area contributed by atoms with Gasteiger partial charge >= 0.3 is 5.97 Å². The number of aryl methyl sites for hydroxylation is 1. The van der Waals surface area contributed by atoms with Gasteiger partial charge in [0.2, 0.25) is 0 Å². The van der Waals surface area contributed by atoms with Crippen molar-refractivity contribution >= 4 is 5.97 Å². The molecule has 1 N–H and O–H groups in total. The minimum absolute atomic E-state index is 0.153. The topological polar surface area (TPSA) is 38.3 Å². The van der Waals surface area contributed by atoms with Gasteiger partial charge in [-0.1, -0.05) is 44.0 Å². The van der Waals surface area contributed by atoms with Crippen molar-refractivity contribution in [3.8, 4) is 0 Å². The van der Waals surface area contributed by atoms with Crippen LogP contribution in [0.15, 0.2) is 24.3 Å². The Kier molecular flexibility index (Phi) is 5.60. The normalized spacial score (nSPS) is 17.1. The highest BCUT2D eigenvalue weighted by atomic mass is 16.5. The third-order valence-electron chi connectivity index (χ3n) is 4.03. The van der Waals surface area contributed by atoms with Crippen LogP contribution in [0.5, 0.6) is 0 Å². The van der Waals surface area contributed by atoms with E-state index in [1.165, 1.54) is 18.4 Å². The molecule has 1 aromatic carbocycles. The Hall–Kier alpha value is -1.35. The third kappa shape index (κ3) is 3.60. The van der Waals surface area contributed by atoms with Crippen molar-refractivity contribution in [3.63, 3.8) is 0 Å². The molecule has 0 spiro atoms. The molecule has 110 valence electrons. The standard InChI is InChI=1S/C17H25NO2/c1-3-13-9-5-8-12-15(13)16(17(19)20-4-2)18-14-10-6-7-11-14/h5,8-9,12,14,16,18H,3-4,6-7,10-11H2,1-2H3. The Bertz CT molecular complexity index is 438. The van der Waals surface area contributed by atoms with E-state index in [1.54, 1.807) is 0 Å². The smallest absolute Gasteiger partial charge is 0.327 e. The largest absolute Gasteiger partial charge is 0.465 e.